The van der Waals surface area contributed by atoms with Crippen molar-refractivity contribution in [3.63, 3.8) is 0 Å². The van der Waals surface area contributed by atoms with Crippen LogP contribution in [0.2, 0.25) is 19.6 Å². The molecule has 0 rings (SSSR count). The van der Waals surface area contributed by atoms with Crippen molar-refractivity contribution >= 4 is 26.6 Å². The Morgan fingerprint density at radius 2 is 1.36 bits per heavy atom. The second-order valence-corrected chi connectivity index (χ2v) is 11.4. The van der Waals surface area contributed by atoms with E-state index in [2.05, 4.69) is 32.8 Å². The topological polar surface area (TPSA) is 18.5 Å². The lowest BCUT2D eigenvalue weighted by Crippen LogP contribution is -2.44. The quantitative estimate of drug-likeness (QED) is 0.638. The van der Waals surface area contributed by atoms with Crippen LogP contribution in [-0.4, -0.2) is 26.6 Å². The van der Waals surface area contributed by atoms with Crippen LogP contribution >= 0.6 is 0 Å². The monoisotopic (exact) mass is 244 g/mol. The predicted octanol–water partition coefficient (Wildman–Crippen LogP) is 1.97. The molecule has 0 spiro atoms. The van der Waals surface area contributed by atoms with Gasteiger partial charge in [0, 0.05) is 0 Å². The van der Waals surface area contributed by atoms with Gasteiger partial charge in [0.15, 0.2) is 18.1 Å². The van der Waals surface area contributed by atoms with E-state index < -0.39 is 26.6 Å². The van der Waals surface area contributed by atoms with E-state index in [1.807, 2.05) is 23.6 Å². The van der Waals surface area contributed by atoms with Crippen LogP contribution in [0.15, 0.2) is 36.8 Å². The highest BCUT2D eigenvalue weighted by atomic mass is 28.5. The molecule has 0 aromatic carbocycles. The third-order valence-corrected chi connectivity index (χ3v) is 10.7. The summed E-state index contributed by atoms with van der Waals surface area (Å²) in [5.41, 5.74) is 5.64. The zero-order valence-electron chi connectivity index (χ0n) is 9.32. The van der Waals surface area contributed by atoms with Crippen LogP contribution in [0.5, 0.6) is 0 Å². The zero-order valence-corrected chi connectivity index (χ0v) is 12.6. The van der Waals surface area contributed by atoms with E-state index in [0.717, 1.165) is 0 Å². The Hall–Kier alpha value is -0.209. The molecule has 5 heteroatoms. The van der Waals surface area contributed by atoms with Crippen molar-refractivity contribution in [1.29, 1.82) is 0 Å². The maximum atomic E-state index is 5.92. The van der Waals surface area contributed by atoms with Gasteiger partial charge in [0.1, 0.15) is 0 Å². The van der Waals surface area contributed by atoms with Gasteiger partial charge in [0.05, 0.1) is 0 Å². The lowest BCUT2D eigenvalue weighted by atomic mass is 11.3. The van der Waals surface area contributed by atoms with Gasteiger partial charge in [0.25, 0.3) is 0 Å². The van der Waals surface area contributed by atoms with Crippen molar-refractivity contribution < 1.29 is 8.23 Å². The molecule has 0 aliphatic rings. The molecular weight excluding hydrogens is 224 g/mol. The summed E-state index contributed by atoms with van der Waals surface area (Å²) in [5, 5.41) is 0. The van der Waals surface area contributed by atoms with Crippen molar-refractivity contribution in [3.05, 3.63) is 36.8 Å². The molecule has 0 saturated carbocycles. The van der Waals surface area contributed by atoms with Crippen LogP contribution in [0.3, 0.4) is 0 Å². The Balaban J connectivity index is 4.38. The zero-order chi connectivity index (χ0) is 11.2. The van der Waals surface area contributed by atoms with E-state index in [9.17, 15) is 0 Å². The minimum atomic E-state index is -2.15. The molecule has 0 fully saturated rings. The van der Waals surface area contributed by atoms with Crippen LogP contribution in [-0.2, 0) is 8.23 Å². The van der Waals surface area contributed by atoms with Gasteiger partial charge in [-0.2, -0.15) is 0 Å². The highest BCUT2D eigenvalue weighted by Gasteiger charge is 2.30. The molecule has 0 bridgehead atoms. The fraction of sp³-hybridized carbons (Fsp3) is 0.333. The first-order valence-electron chi connectivity index (χ1n) is 4.71. The minimum Gasteiger partial charge on any atom is -0.433 e. The van der Waals surface area contributed by atoms with Crippen LogP contribution in [0.1, 0.15) is 0 Å². The lowest BCUT2D eigenvalue weighted by Gasteiger charge is -2.28. The summed E-state index contributed by atoms with van der Waals surface area (Å²) in [6.07, 6.45) is 0. The molecule has 0 saturated heterocycles. The van der Waals surface area contributed by atoms with Crippen LogP contribution in [0, 0.1) is 0 Å². The Bertz CT molecular complexity index is 202. The molecule has 0 aromatic rings. The van der Waals surface area contributed by atoms with Crippen molar-refractivity contribution in [2.24, 2.45) is 0 Å². The molecule has 0 aliphatic heterocycles. The summed E-state index contributed by atoms with van der Waals surface area (Å²) < 4.78 is 11.8. The van der Waals surface area contributed by atoms with Crippen molar-refractivity contribution in [2.45, 2.75) is 19.6 Å². The predicted molar refractivity (Wildman–Crippen MR) is 70.4 cm³/mol. The molecule has 2 unspecified atom stereocenters. The molecule has 0 amide bonds. The van der Waals surface area contributed by atoms with E-state index in [4.69, 9.17) is 8.23 Å². The van der Waals surface area contributed by atoms with Crippen molar-refractivity contribution in [2.75, 3.05) is 0 Å². The first-order valence-corrected chi connectivity index (χ1v) is 11.7. The van der Waals surface area contributed by atoms with Gasteiger partial charge in [-0.15, -0.1) is 19.7 Å². The number of hydrogen-bond acceptors (Lipinski definition) is 2. The smallest absolute Gasteiger partial charge is 0.340 e. The van der Waals surface area contributed by atoms with Crippen molar-refractivity contribution in [3.8, 4) is 0 Å². The molecule has 14 heavy (non-hydrogen) atoms. The lowest BCUT2D eigenvalue weighted by molar-refractivity contribution is 0.427. The molecule has 80 valence electrons. The summed E-state index contributed by atoms with van der Waals surface area (Å²) in [6, 6.07) is 0. The molecule has 2 nitrogen and oxygen atoms in total. The maximum Gasteiger partial charge on any atom is 0.340 e. The first-order chi connectivity index (χ1) is 6.47. The molecule has 2 atom stereocenters. The number of rotatable bonds is 7. The highest BCUT2D eigenvalue weighted by molar-refractivity contribution is 6.84. The van der Waals surface area contributed by atoms with Gasteiger partial charge in [0.2, 0.25) is 0 Å². The second-order valence-electron chi connectivity index (χ2n) is 3.34. The Morgan fingerprint density at radius 3 is 1.57 bits per heavy atom. The molecule has 0 N–H and O–H groups in total. The Kier molecular flexibility index (Phi) is 6.21. The maximum absolute atomic E-state index is 5.92. The van der Waals surface area contributed by atoms with Gasteiger partial charge < -0.3 is 8.23 Å². The van der Waals surface area contributed by atoms with Crippen molar-refractivity contribution in [1.82, 2.24) is 0 Å². The highest BCUT2D eigenvalue weighted by Crippen LogP contribution is 2.12. The Morgan fingerprint density at radius 1 is 1.00 bits per heavy atom. The second kappa shape index (κ2) is 6.31. The van der Waals surface area contributed by atoms with Crippen LogP contribution in [0.25, 0.3) is 0 Å². The van der Waals surface area contributed by atoms with E-state index in [0.29, 0.717) is 0 Å². The molecule has 0 radical (unpaired) electrons. The van der Waals surface area contributed by atoms with E-state index in [-0.39, 0.29) is 0 Å². The average Bonchev–Trinajstić information content (AvgIpc) is 2.17. The van der Waals surface area contributed by atoms with Gasteiger partial charge in [-0.05, 0) is 19.6 Å². The van der Waals surface area contributed by atoms with Gasteiger partial charge in [-0.1, -0.05) is 17.1 Å². The summed E-state index contributed by atoms with van der Waals surface area (Å²) in [6.45, 7) is 17.5. The normalized spacial score (nSPS) is 19.1. The first kappa shape index (κ1) is 13.8. The van der Waals surface area contributed by atoms with Crippen LogP contribution < -0.4 is 0 Å². The molecule has 0 aromatic heterocycles. The third kappa shape index (κ3) is 4.87. The van der Waals surface area contributed by atoms with E-state index in [1.54, 1.807) is 0 Å². The fourth-order valence-corrected chi connectivity index (χ4v) is 9.13. The van der Waals surface area contributed by atoms with Gasteiger partial charge in [-0.25, -0.2) is 0 Å². The molecule has 0 heterocycles. The largest absolute Gasteiger partial charge is 0.433 e. The minimum absolute atomic E-state index is 1.28. The van der Waals surface area contributed by atoms with E-state index >= 15 is 0 Å². The standard InChI is InChI=1S/C9H20O2Si3/c1-7-12(4)10-14(6,9-3)11-13(5)8-2/h7-9,12-13H,1-3H2,4-6H3. The Labute approximate surface area is 91.6 Å². The number of hydrogen-bond donors (Lipinski definition) is 0. The third-order valence-electron chi connectivity index (χ3n) is 1.87. The summed E-state index contributed by atoms with van der Waals surface area (Å²) in [7, 11) is -4.70. The summed E-state index contributed by atoms with van der Waals surface area (Å²) in [4.78, 5) is 0. The summed E-state index contributed by atoms with van der Waals surface area (Å²) in [5.74, 6) is 0. The van der Waals surface area contributed by atoms with E-state index in [1.165, 1.54) is 0 Å². The average molecular weight is 245 g/mol. The molecule has 0 aliphatic carbocycles. The fourth-order valence-electron chi connectivity index (χ4n) is 0.958. The molecular formula is C9H20O2Si3. The SMILES string of the molecule is C=C[SiH](C)O[Si](C)(C=C)O[SiH](C)C=C. The summed E-state index contributed by atoms with van der Waals surface area (Å²) >= 11 is 0. The van der Waals surface area contributed by atoms with Crippen LogP contribution in [0.4, 0.5) is 0 Å². The van der Waals surface area contributed by atoms with Gasteiger partial charge in [-0.3, -0.25) is 0 Å². The van der Waals surface area contributed by atoms with Gasteiger partial charge >= 0.3 is 8.56 Å².